The zero-order chi connectivity index (χ0) is 11.1. The van der Waals surface area contributed by atoms with Gasteiger partial charge in [-0.1, -0.05) is 13.3 Å². The summed E-state index contributed by atoms with van der Waals surface area (Å²) in [4.78, 5) is 24.7. The molecule has 0 aromatic carbocycles. The Morgan fingerprint density at radius 2 is 2.07 bits per heavy atom. The average Bonchev–Trinajstić information content (AvgIpc) is 2.37. The Morgan fingerprint density at radius 1 is 1.40 bits per heavy atom. The molecule has 0 N–H and O–H groups in total. The lowest BCUT2D eigenvalue weighted by molar-refractivity contribution is -0.140. The van der Waals surface area contributed by atoms with E-state index >= 15 is 0 Å². The molecule has 1 fully saturated rings. The van der Waals surface area contributed by atoms with Crippen molar-refractivity contribution in [2.24, 2.45) is 5.41 Å². The summed E-state index contributed by atoms with van der Waals surface area (Å²) in [7, 11) is 0. The summed E-state index contributed by atoms with van der Waals surface area (Å²) >= 11 is 0. The molecule has 1 saturated carbocycles. The number of rotatable bonds is 3. The molecule has 0 spiro atoms. The van der Waals surface area contributed by atoms with Gasteiger partial charge in [-0.2, -0.15) is 0 Å². The van der Waals surface area contributed by atoms with Gasteiger partial charge >= 0.3 is 0 Å². The summed E-state index contributed by atoms with van der Waals surface area (Å²) in [6.07, 6.45) is 6.04. The van der Waals surface area contributed by atoms with E-state index in [-0.39, 0.29) is 17.2 Å². The van der Waals surface area contributed by atoms with Crippen LogP contribution in [0.4, 0.5) is 0 Å². The van der Waals surface area contributed by atoms with Gasteiger partial charge in [0.05, 0.1) is 0 Å². The van der Waals surface area contributed by atoms with E-state index in [1.54, 1.807) is 6.92 Å². The third-order valence-electron chi connectivity index (χ3n) is 3.85. The molecule has 2 aliphatic rings. The molecule has 2 amide bonds. The van der Waals surface area contributed by atoms with Crippen molar-refractivity contribution in [3.63, 3.8) is 0 Å². The van der Waals surface area contributed by atoms with Crippen molar-refractivity contribution in [2.75, 3.05) is 6.54 Å². The Labute approximate surface area is 90.1 Å². The van der Waals surface area contributed by atoms with Crippen LogP contribution in [0.25, 0.3) is 0 Å². The third-order valence-corrected chi connectivity index (χ3v) is 3.85. The molecule has 1 aliphatic carbocycles. The molecule has 15 heavy (non-hydrogen) atoms. The minimum absolute atomic E-state index is 0.0975. The topological polar surface area (TPSA) is 37.4 Å². The summed E-state index contributed by atoms with van der Waals surface area (Å²) in [6.45, 7) is 4.47. The van der Waals surface area contributed by atoms with Gasteiger partial charge in [0.25, 0.3) is 11.8 Å². The second kappa shape index (κ2) is 3.47. The lowest BCUT2D eigenvalue weighted by Crippen LogP contribution is -2.44. The smallest absolute Gasteiger partial charge is 0.256 e. The van der Waals surface area contributed by atoms with Gasteiger partial charge in [-0.25, -0.2) is 0 Å². The molecule has 0 bridgehead atoms. The van der Waals surface area contributed by atoms with Crippen molar-refractivity contribution in [2.45, 2.75) is 39.5 Å². The number of carbonyl (C=O) groups is 2. The zero-order valence-electron chi connectivity index (χ0n) is 9.38. The molecule has 0 atom stereocenters. The minimum Gasteiger partial charge on any atom is -0.275 e. The van der Waals surface area contributed by atoms with Gasteiger partial charge < -0.3 is 0 Å². The van der Waals surface area contributed by atoms with Crippen LogP contribution in [0.3, 0.4) is 0 Å². The Balaban J connectivity index is 2.07. The van der Waals surface area contributed by atoms with Crippen molar-refractivity contribution in [1.29, 1.82) is 0 Å². The second-order valence-electron chi connectivity index (χ2n) is 4.76. The Bertz CT molecular complexity index is 334. The van der Waals surface area contributed by atoms with Crippen LogP contribution in [0.1, 0.15) is 39.5 Å². The molecule has 0 radical (unpaired) electrons. The van der Waals surface area contributed by atoms with Crippen LogP contribution in [0.2, 0.25) is 0 Å². The van der Waals surface area contributed by atoms with Gasteiger partial charge in [0.15, 0.2) is 0 Å². The fourth-order valence-corrected chi connectivity index (χ4v) is 2.42. The highest BCUT2D eigenvalue weighted by atomic mass is 16.2. The molecular weight excluding hydrogens is 190 g/mol. The van der Waals surface area contributed by atoms with Gasteiger partial charge in [-0.05, 0) is 31.6 Å². The van der Waals surface area contributed by atoms with Crippen molar-refractivity contribution in [3.05, 3.63) is 11.6 Å². The summed E-state index contributed by atoms with van der Waals surface area (Å²) in [5.41, 5.74) is 0.801. The molecule has 0 aromatic heterocycles. The summed E-state index contributed by atoms with van der Waals surface area (Å²) in [5.74, 6) is -0.225. The van der Waals surface area contributed by atoms with Crippen molar-refractivity contribution in [1.82, 2.24) is 4.90 Å². The number of hydrogen-bond acceptors (Lipinski definition) is 2. The number of nitrogens with zero attached hydrogens (tertiary/aromatic N) is 1. The SMILES string of the molecule is CCC1(CN2C(=O)C=C(C)C2=O)CCC1. The van der Waals surface area contributed by atoms with E-state index in [1.807, 2.05) is 0 Å². The molecule has 3 nitrogen and oxygen atoms in total. The zero-order valence-corrected chi connectivity index (χ0v) is 9.38. The molecule has 3 heteroatoms. The summed E-state index contributed by atoms with van der Waals surface area (Å²) in [6, 6.07) is 0. The van der Waals surface area contributed by atoms with Crippen LogP contribution < -0.4 is 0 Å². The highest BCUT2D eigenvalue weighted by Crippen LogP contribution is 2.44. The Morgan fingerprint density at radius 3 is 2.40 bits per heavy atom. The maximum Gasteiger partial charge on any atom is 0.256 e. The largest absolute Gasteiger partial charge is 0.275 e. The maximum absolute atomic E-state index is 11.7. The van der Waals surface area contributed by atoms with Gasteiger partial charge in [-0.15, -0.1) is 0 Å². The van der Waals surface area contributed by atoms with Crippen LogP contribution in [-0.2, 0) is 9.59 Å². The van der Waals surface area contributed by atoms with Gasteiger partial charge in [-0.3, -0.25) is 14.5 Å². The van der Waals surface area contributed by atoms with Gasteiger partial charge in [0.2, 0.25) is 0 Å². The molecular formula is C12H17NO2. The predicted molar refractivity (Wildman–Crippen MR) is 57.1 cm³/mol. The highest BCUT2D eigenvalue weighted by molar-refractivity contribution is 6.15. The van der Waals surface area contributed by atoms with E-state index in [0.29, 0.717) is 12.1 Å². The summed E-state index contributed by atoms with van der Waals surface area (Å²) < 4.78 is 0. The van der Waals surface area contributed by atoms with Gasteiger partial charge in [0.1, 0.15) is 0 Å². The molecule has 82 valence electrons. The standard InChI is InChI=1S/C12H17NO2/c1-3-12(5-4-6-12)8-13-10(14)7-9(2)11(13)15/h7H,3-6,8H2,1-2H3. The number of amides is 2. The fraction of sp³-hybridized carbons (Fsp3) is 0.667. The van der Waals surface area contributed by atoms with Crippen LogP contribution in [-0.4, -0.2) is 23.3 Å². The van der Waals surface area contributed by atoms with Crippen molar-refractivity contribution >= 4 is 11.8 Å². The van der Waals surface area contributed by atoms with E-state index < -0.39 is 0 Å². The Kier molecular flexibility index (Phi) is 2.41. The highest BCUT2D eigenvalue weighted by Gasteiger charge is 2.41. The fourth-order valence-electron chi connectivity index (χ4n) is 2.42. The Hall–Kier alpha value is -1.12. The predicted octanol–water partition coefficient (Wildman–Crippen LogP) is 1.88. The summed E-state index contributed by atoms with van der Waals surface area (Å²) in [5, 5.41) is 0. The monoisotopic (exact) mass is 207 g/mol. The molecule has 0 unspecified atom stereocenters. The minimum atomic E-state index is -0.128. The first kappa shape index (κ1) is 10.4. The molecule has 1 aliphatic heterocycles. The van der Waals surface area contributed by atoms with Crippen LogP contribution in [0.5, 0.6) is 0 Å². The molecule has 1 heterocycles. The van der Waals surface area contributed by atoms with E-state index in [4.69, 9.17) is 0 Å². The van der Waals surface area contributed by atoms with Gasteiger partial charge in [0, 0.05) is 18.2 Å². The molecule has 2 rings (SSSR count). The average molecular weight is 207 g/mol. The van der Waals surface area contributed by atoms with E-state index in [9.17, 15) is 9.59 Å². The number of carbonyl (C=O) groups excluding carboxylic acids is 2. The van der Waals surface area contributed by atoms with Crippen LogP contribution in [0, 0.1) is 5.41 Å². The van der Waals surface area contributed by atoms with E-state index in [1.165, 1.54) is 17.4 Å². The quantitative estimate of drug-likeness (QED) is 0.663. The first-order valence-electron chi connectivity index (χ1n) is 5.62. The van der Waals surface area contributed by atoms with Crippen molar-refractivity contribution < 1.29 is 9.59 Å². The van der Waals surface area contributed by atoms with E-state index in [2.05, 4.69) is 6.92 Å². The second-order valence-corrected chi connectivity index (χ2v) is 4.76. The van der Waals surface area contributed by atoms with E-state index in [0.717, 1.165) is 19.3 Å². The molecule has 0 aromatic rings. The number of hydrogen-bond donors (Lipinski definition) is 0. The third kappa shape index (κ3) is 1.60. The lowest BCUT2D eigenvalue weighted by atomic mass is 9.67. The lowest BCUT2D eigenvalue weighted by Gasteiger charge is -2.43. The van der Waals surface area contributed by atoms with Crippen molar-refractivity contribution in [3.8, 4) is 0 Å². The number of imide groups is 1. The van der Waals surface area contributed by atoms with Crippen LogP contribution >= 0.6 is 0 Å². The molecule has 0 saturated heterocycles. The maximum atomic E-state index is 11.7. The first-order valence-corrected chi connectivity index (χ1v) is 5.62. The van der Waals surface area contributed by atoms with Crippen LogP contribution in [0.15, 0.2) is 11.6 Å². The normalized spacial score (nSPS) is 24.1. The first-order chi connectivity index (χ1) is 7.08.